The second-order valence-electron chi connectivity index (χ2n) is 4.86. The van der Waals surface area contributed by atoms with Crippen LogP contribution in [-0.4, -0.2) is 60.3 Å². The van der Waals surface area contributed by atoms with Gasteiger partial charge < -0.3 is 14.4 Å². The Labute approximate surface area is 130 Å². The average molecular weight is 331 g/mol. The number of aromatic nitrogens is 3. The van der Waals surface area contributed by atoms with Gasteiger partial charge in [0.15, 0.2) is 17.7 Å². The van der Waals surface area contributed by atoms with Crippen LogP contribution in [0.1, 0.15) is 11.7 Å². The second-order valence-corrected chi connectivity index (χ2v) is 4.86. The molecule has 0 bridgehead atoms. The molecule has 0 aliphatic heterocycles. The highest BCUT2D eigenvalue weighted by molar-refractivity contribution is 5.74. The molecule has 1 unspecified atom stereocenters. The summed E-state index contributed by atoms with van der Waals surface area (Å²) < 4.78 is 50.5. The number of methoxy groups -OCH3 is 2. The van der Waals surface area contributed by atoms with Crippen LogP contribution in [0, 0.1) is 0 Å². The molecule has 2 rings (SSSR count). The summed E-state index contributed by atoms with van der Waals surface area (Å²) in [5, 5.41) is 3.88. The van der Waals surface area contributed by atoms with E-state index in [-0.39, 0.29) is 22.6 Å². The summed E-state index contributed by atoms with van der Waals surface area (Å²) in [5.74, 6) is 0.233. The molecule has 0 fully saturated rings. The van der Waals surface area contributed by atoms with Crippen molar-refractivity contribution in [3.63, 3.8) is 0 Å². The zero-order chi connectivity index (χ0) is 17.2. The summed E-state index contributed by atoms with van der Waals surface area (Å²) in [6.07, 6.45) is -2.89. The number of fused-ring (bicyclic) bond motifs is 1. The van der Waals surface area contributed by atoms with Crippen LogP contribution in [0.15, 0.2) is 17.5 Å². The lowest BCUT2D eigenvalue weighted by atomic mass is 10.1. The van der Waals surface area contributed by atoms with Crippen molar-refractivity contribution >= 4 is 17.7 Å². The molecule has 23 heavy (non-hydrogen) atoms. The fourth-order valence-corrected chi connectivity index (χ4v) is 2.05. The molecule has 2 aromatic rings. The first-order valence-corrected chi connectivity index (χ1v) is 6.50. The van der Waals surface area contributed by atoms with Gasteiger partial charge in [-0.05, 0) is 0 Å². The second kappa shape index (κ2) is 6.41. The highest BCUT2D eigenvalue weighted by atomic mass is 19.4. The third-order valence-electron chi connectivity index (χ3n) is 2.96. The quantitative estimate of drug-likeness (QED) is 0.621. The fourth-order valence-electron chi connectivity index (χ4n) is 2.05. The summed E-state index contributed by atoms with van der Waals surface area (Å²) in [5.41, 5.74) is -0.0573. The summed E-state index contributed by atoms with van der Waals surface area (Å²) in [7, 11) is 5.82. The summed E-state index contributed by atoms with van der Waals surface area (Å²) in [6, 6.07) is 0. The third kappa shape index (κ3) is 3.36. The summed E-state index contributed by atoms with van der Waals surface area (Å²) in [6.45, 7) is 0. The van der Waals surface area contributed by atoms with E-state index in [2.05, 4.69) is 19.8 Å². The zero-order valence-electron chi connectivity index (χ0n) is 13.0. The van der Waals surface area contributed by atoms with Gasteiger partial charge in [0.1, 0.15) is 11.8 Å². The lowest BCUT2D eigenvalue weighted by molar-refractivity contribution is -0.215. The van der Waals surface area contributed by atoms with Gasteiger partial charge in [-0.2, -0.15) is 18.3 Å². The minimum Gasteiger partial charge on any atom is -0.491 e. The number of alkyl halides is 3. The number of nitrogens with zero attached hydrogens (tertiary/aromatic N) is 5. The van der Waals surface area contributed by atoms with E-state index < -0.39 is 12.3 Å². The standard InChI is InChI=1S/C13H16F3N5O2/c1-20(2)6-17-12-10(22-3)9-8(5-19-21(9)7-18-12)11(23-4)13(14,15)16/h5-7,11H,1-4H3. The maximum Gasteiger partial charge on any atom is 0.418 e. The lowest BCUT2D eigenvalue weighted by Crippen LogP contribution is -2.22. The average Bonchev–Trinajstić information content (AvgIpc) is 2.87. The van der Waals surface area contributed by atoms with Crippen LogP contribution < -0.4 is 4.74 Å². The monoisotopic (exact) mass is 331 g/mol. The molecule has 0 aromatic carbocycles. The first-order valence-electron chi connectivity index (χ1n) is 6.50. The Kier molecular flexibility index (Phi) is 4.73. The lowest BCUT2D eigenvalue weighted by Gasteiger charge is -2.18. The van der Waals surface area contributed by atoms with Crippen LogP contribution in [0.4, 0.5) is 19.0 Å². The van der Waals surface area contributed by atoms with E-state index >= 15 is 0 Å². The molecule has 2 heterocycles. The topological polar surface area (TPSA) is 64.2 Å². The predicted molar refractivity (Wildman–Crippen MR) is 77.2 cm³/mol. The Morgan fingerprint density at radius 3 is 2.57 bits per heavy atom. The number of aliphatic imine (C=N–C) groups is 1. The van der Waals surface area contributed by atoms with E-state index in [4.69, 9.17) is 4.74 Å². The van der Waals surface area contributed by atoms with Gasteiger partial charge in [0.25, 0.3) is 0 Å². The van der Waals surface area contributed by atoms with Gasteiger partial charge in [-0.15, -0.1) is 0 Å². The highest BCUT2D eigenvalue weighted by Gasteiger charge is 2.43. The van der Waals surface area contributed by atoms with Crippen LogP contribution in [0.3, 0.4) is 0 Å². The Hall–Kier alpha value is -2.36. The minimum absolute atomic E-state index is 0.0874. The number of rotatable bonds is 5. The van der Waals surface area contributed by atoms with Gasteiger partial charge >= 0.3 is 6.18 Å². The Bertz CT molecular complexity index is 711. The molecular formula is C13H16F3N5O2. The largest absolute Gasteiger partial charge is 0.491 e. The molecule has 7 nitrogen and oxygen atoms in total. The number of ether oxygens (including phenoxy) is 2. The molecule has 126 valence electrons. The Morgan fingerprint density at radius 1 is 1.35 bits per heavy atom. The maximum atomic E-state index is 13.1. The van der Waals surface area contributed by atoms with Crippen molar-refractivity contribution in [2.24, 2.45) is 4.99 Å². The van der Waals surface area contributed by atoms with Crippen molar-refractivity contribution in [2.75, 3.05) is 28.3 Å². The van der Waals surface area contributed by atoms with Crippen LogP contribution in [-0.2, 0) is 4.74 Å². The minimum atomic E-state index is -4.58. The van der Waals surface area contributed by atoms with Gasteiger partial charge in [-0.3, -0.25) is 0 Å². The molecule has 0 aliphatic carbocycles. The van der Waals surface area contributed by atoms with Crippen molar-refractivity contribution in [3.05, 3.63) is 18.1 Å². The fraction of sp³-hybridized carbons (Fsp3) is 0.462. The molecule has 1 atom stereocenters. The van der Waals surface area contributed by atoms with E-state index in [0.717, 1.165) is 13.3 Å². The molecule has 0 spiro atoms. The van der Waals surface area contributed by atoms with Gasteiger partial charge in [0.2, 0.25) is 0 Å². The first kappa shape index (κ1) is 17.0. The highest BCUT2D eigenvalue weighted by Crippen LogP contribution is 2.41. The van der Waals surface area contributed by atoms with Crippen molar-refractivity contribution in [2.45, 2.75) is 12.3 Å². The molecular weight excluding hydrogens is 315 g/mol. The normalized spacial score (nSPS) is 13.7. The molecule has 0 amide bonds. The van der Waals surface area contributed by atoms with Crippen molar-refractivity contribution in [1.29, 1.82) is 0 Å². The van der Waals surface area contributed by atoms with Crippen LogP contribution in [0.5, 0.6) is 5.75 Å². The summed E-state index contributed by atoms with van der Waals surface area (Å²) >= 11 is 0. The van der Waals surface area contributed by atoms with Crippen molar-refractivity contribution < 1.29 is 22.6 Å². The van der Waals surface area contributed by atoms with Crippen molar-refractivity contribution in [1.82, 2.24) is 19.5 Å². The SMILES string of the molecule is COc1c(N=CN(C)C)ncn2ncc(C(OC)C(F)(F)F)c12. The molecule has 0 radical (unpaired) electrons. The Morgan fingerprint density at radius 2 is 2.04 bits per heavy atom. The van der Waals surface area contributed by atoms with E-state index in [9.17, 15) is 13.2 Å². The molecule has 0 saturated carbocycles. The smallest absolute Gasteiger partial charge is 0.418 e. The van der Waals surface area contributed by atoms with Crippen LogP contribution >= 0.6 is 0 Å². The molecule has 0 N–H and O–H groups in total. The van der Waals surface area contributed by atoms with E-state index in [0.29, 0.717) is 0 Å². The van der Waals surface area contributed by atoms with Gasteiger partial charge in [-0.25, -0.2) is 14.5 Å². The predicted octanol–water partition coefficient (Wildman–Crippen LogP) is 2.21. The van der Waals surface area contributed by atoms with E-state index in [1.807, 2.05) is 0 Å². The van der Waals surface area contributed by atoms with Crippen LogP contribution in [0.2, 0.25) is 0 Å². The van der Waals surface area contributed by atoms with Crippen LogP contribution in [0.25, 0.3) is 5.52 Å². The van der Waals surface area contributed by atoms with Gasteiger partial charge in [0.05, 0.1) is 19.6 Å². The number of halogens is 3. The van der Waals surface area contributed by atoms with Gasteiger partial charge in [-0.1, -0.05) is 0 Å². The zero-order valence-corrected chi connectivity index (χ0v) is 13.0. The molecule has 2 aromatic heterocycles. The number of hydrogen-bond acceptors (Lipinski definition) is 5. The van der Waals surface area contributed by atoms with Gasteiger partial charge in [0, 0.05) is 26.8 Å². The van der Waals surface area contributed by atoms with Crippen molar-refractivity contribution in [3.8, 4) is 5.75 Å². The molecule has 0 aliphatic rings. The first-order chi connectivity index (χ1) is 10.8. The molecule has 10 heteroatoms. The number of hydrogen-bond donors (Lipinski definition) is 0. The molecule has 0 saturated heterocycles. The third-order valence-corrected chi connectivity index (χ3v) is 2.96. The summed E-state index contributed by atoms with van der Waals surface area (Å²) in [4.78, 5) is 9.80. The maximum absolute atomic E-state index is 13.1. The van der Waals surface area contributed by atoms with E-state index in [1.54, 1.807) is 19.0 Å². The van der Waals surface area contributed by atoms with E-state index in [1.165, 1.54) is 24.3 Å². The Balaban J connectivity index is 2.67.